The zero-order valence-corrected chi connectivity index (χ0v) is 15.3. The van der Waals surface area contributed by atoms with Crippen LogP contribution in [0.3, 0.4) is 0 Å². The van der Waals surface area contributed by atoms with Crippen molar-refractivity contribution in [3.8, 4) is 11.5 Å². The van der Waals surface area contributed by atoms with Gasteiger partial charge in [-0.05, 0) is 43.2 Å². The van der Waals surface area contributed by atoms with Gasteiger partial charge in [-0.2, -0.15) is 9.29 Å². The molecule has 0 radical (unpaired) electrons. The van der Waals surface area contributed by atoms with Crippen molar-refractivity contribution >= 4 is 10.0 Å². The number of hydrogen-bond donors (Lipinski definition) is 0. The summed E-state index contributed by atoms with van der Waals surface area (Å²) in [6, 6.07) is 10.9. The maximum absolute atomic E-state index is 12.8. The van der Waals surface area contributed by atoms with Crippen molar-refractivity contribution < 1.29 is 12.9 Å². The van der Waals surface area contributed by atoms with Crippen LogP contribution in [0.1, 0.15) is 22.9 Å². The van der Waals surface area contributed by atoms with Crippen molar-refractivity contribution in [3.63, 3.8) is 0 Å². The quantitative estimate of drug-likeness (QED) is 0.701. The van der Waals surface area contributed by atoms with Crippen LogP contribution in [0.2, 0.25) is 0 Å². The van der Waals surface area contributed by atoms with E-state index in [9.17, 15) is 8.42 Å². The lowest BCUT2D eigenvalue weighted by molar-refractivity contribution is 0.216. The van der Waals surface area contributed by atoms with E-state index in [1.54, 1.807) is 25.3 Å². The average Bonchev–Trinajstić information content (AvgIpc) is 3.06. The molecule has 1 fully saturated rings. The summed E-state index contributed by atoms with van der Waals surface area (Å²) in [6.45, 7) is 4.36. The minimum atomic E-state index is -3.51. The van der Waals surface area contributed by atoms with Crippen LogP contribution in [-0.2, 0) is 10.0 Å². The first-order valence-electron chi connectivity index (χ1n) is 8.27. The zero-order valence-electron chi connectivity index (χ0n) is 14.5. The first-order valence-corrected chi connectivity index (χ1v) is 9.71. The van der Waals surface area contributed by atoms with Crippen LogP contribution < -0.4 is 0 Å². The molecule has 0 spiro atoms. The van der Waals surface area contributed by atoms with Gasteiger partial charge in [0.1, 0.15) is 5.69 Å². The second-order valence-electron chi connectivity index (χ2n) is 6.46. The van der Waals surface area contributed by atoms with Crippen LogP contribution in [0.5, 0.6) is 0 Å². The maximum Gasteiger partial charge on any atom is 0.243 e. The molecule has 4 rings (SSSR count). The summed E-state index contributed by atoms with van der Waals surface area (Å²) in [5.74, 6) is 0.759. The lowest BCUT2D eigenvalue weighted by atomic mass is 10.0. The minimum absolute atomic E-state index is 0.0974. The van der Waals surface area contributed by atoms with Gasteiger partial charge in [0.05, 0.1) is 10.8 Å². The molecule has 1 aromatic carbocycles. The fourth-order valence-electron chi connectivity index (χ4n) is 2.91. The Bertz CT molecular complexity index is 1040. The van der Waals surface area contributed by atoms with Crippen LogP contribution in [0, 0.1) is 13.8 Å². The Labute approximate surface area is 151 Å². The molecule has 0 N–H and O–H groups in total. The standard InChI is InChI=1S/C18H18N4O3S/c1-12-6-7-13(2)16(9-12)26(23,24)22-10-14(11-22)18-20-17(21-25-18)15-5-3-4-8-19-15/h3-9,14H,10-11H2,1-2H3. The summed E-state index contributed by atoms with van der Waals surface area (Å²) >= 11 is 0. The molecule has 0 amide bonds. The molecular weight excluding hydrogens is 352 g/mol. The molecule has 7 nitrogen and oxygen atoms in total. The number of nitrogens with zero attached hydrogens (tertiary/aromatic N) is 4. The van der Waals surface area contributed by atoms with Crippen LogP contribution >= 0.6 is 0 Å². The Morgan fingerprint density at radius 1 is 1.15 bits per heavy atom. The number of sulfonamides is 1. The van der Waals surface area contributed by atoms with Gasteiger partial charge < -0.3 is 4.52 Å². The molecule has 1 aliphatic rings. The molecule has 1 saturated heterocycles. The number of aromatic nitrogens is 3. The van der Waals surface area contributed by atoms with Crippen LogP contribution in [0.4, 0.5) is 0 Å². The molecule has 3 aromatic rings. The minimum Gasteiger partial charge on any atom is -0.339 e. The van der Waals surface area contributed by atoms with Gasteiger partial charge in [0.15, 0.2) is 0 Å². The number of aryl methyl sites for hydroxylation is 2. The van der Waals surface area contributed by atoms with E-state index in [2.05, 4.69) is 15.1 Å². The predicted octanol–water partition coefficient (Wildman–Crippen LogP) is 2.54. The third-order valence-electron chi connectivity index (χ3n) is 4.49. The van der Waals surface area contributed by atoms with Gasteiger partial charge in [0.2, 0.25) is 21.7 Å². The summed E-state index contributed by atoms with van der Waals surface area (Å²) in [5, 5.41) is 3.94. The van der Waals surface area contributed by atoms with Gasteiger partial charge >= 0.3 is 0 Å². The van der Waals surface area contributed by atoms with Crippen molar-refractivity contribution in [2.75, 3.05) is 13.1 Å². The van der Waals surface area contributed by atoms with E-state index in [1.807, 2.05) is 31.2 Å². The van der Waals surface area contributed by atoms with Gasteiger partial charge in [-0.3, -0.25) is 4.98 Å². The van der Waals surface area contributed by atoms with Crippen molar-refractivity contribution in [3.05, 3.63) is 59.6 Å². The van der Waals surface area contributed by atoms with E-state index in [4.69, 9.17) is 4.52 Å². The highest BCUT2D eigenvalue weighted by atomic mass is 32.2. The summed E-state index contributed by atoms with van der Waals surface area (Å²) in [6.07, 6.45) is 1.66. The number of pyridine rings is 1. The third kappa shape index (κ3) is 2.91. The lowest BCUT2D eigenvalue weighted by Gasteiger charge is -2.36. The van der Waals surface area contributed by atoms with Crippen LogP contribution in [-0.4, -0.2) is 40.9 Å². The molecule has 3 heterocycles. The van der Waals surface area contributed by atoms with Crippen molar-refractivity contribution in [2.24, 2.45) is 0 Å². The molecule has 0 atom stereocenters. The van der Waals surface area contributed by atoms with E-state index in [1.165, 1.54) is 4.31 Å². The van der Waals surface area contributed by atoms with Gasteiger partial charge in [-0.15, -0.1) is 0 Å². The van der Waals surface area contributed by atoms with E-state index < -0.39 is 10.0 Å². The Kier molecular flexibility index (Phi) is 4.08. The zero-order chi connectivity index (χ0) is 18.3. The molecule has 8 heteroatoms. The molecule has 0 saturated carbocycles. The Balaban J connectivity index is 1.50. The Hall–Kier alpha value is -2.58. The van der Waals surface area contributed by atoms with Crippen molar-refractivity contribution in [2.45, 2.75) is 24.7 Å². The molecule has 1 aliphatic heterocycles. The highest BCUT2D eigenvalue weighted by Gasteiger charge is 2.41. The first kappa shape index (κ1) is 16.9. The van der Waals surface area contributed by atoms with E-state index in [0.29, 0.717) is 35.4 Å². The first-order chi connectivity index (χ1) is 12.4. The van der Waals surface area contributed by atoms with Gasteiger partial charge in [-0.1, -0.05) is 23.4 Å². The number of rotatable bonds is 4. The SMILES string of the molecule is Cc1ccc(C)c(S(=O)(=O)N2CC(c3nc(-c4ccccn4)no3)C2)c1. The van der Waals surface area contributed by atoms with Crippen molar-refractivity contribution in [1.29, 1.82) is 0 Å². The Morgan fingerprint density at radius 2 is 1.96 bits per heavy atom. The molecule has 0 bridgehead atoms. The molecule has 0 aliphatic carbocycles. The third-order valence-corrected chi connectivity index (χ3v) is 6.47. The van der Waals surface area contributed by atoms with Crippen molar-refractivity contribution in [1.82, 2.24) is 19.4 Å². The fourth-order valence-corrected chi connectivity index (χ4v) is 4.76. The highest BCUT2D eigenvalue weighted by molar-refractivity contribution is 7.89. The van der Waals surface area contributed by atoms with E-state index in [0.717, 1.165) is 11.1 Å². The molecular formula is C18H18N4O3S. The van der Waals surface area contributed by atoms with Crippen LogP contribution in [0.25, 0.3) is 11.5 Å². The normalized spacial score (nSPS) is 15.8. The summed E-state index contributed by atoms with van der Waals surface area (Å²) in [7, 11) is -3.51. The summed E-state index contributed by atoms with van der Waals surface area (Å²) in [4.78, 5) is 8.90. The number of benzene rings is 1. The smallest absolute Gasteiger partial charge is 0.243 e. The second kappa shape index (κ2) is 6.30. The second-order valence-corrected chi connectivity index (χ2v) is 8.37. The lowest BCUT2D eigenvalue weighted by Crippen LogP contribution is -2.48. The van der Waals surface area contributed by atoms with Gasteiger partial charge in [-0.25, -0.2) is 8.42 Å². The molecule has 2 aromatic heterocycles. The largest absolute Gasteiger partial charge is 0.339 e. The fraction of sp³-hybridized carbons (Fsp3) is 0.278. The monoisotopic (exact) mass is 370 g/mol. The van der Waals surface area contributed by atoms with E-state index in [-0.39, 0.29) is 5.92 Å². The average molecular weight is 370 g/mol. The highest BCUT2D eigenvalue weighted by Crippen LogP contribution is 2.33. The van der Waals surface area contributed by atoms with E-state index >= 15 is 0 Å². The number of hydrogen-bond acceptors (Lipinski definition) is 6. The summed E-state index contributed by atoms with van der Waals surface area (Å²) in [5.41, 5.74) is 2.29. The molecule has 134 valence electrons. The van der Waals surface area contributed by atoms with Crippen LogP contribution in [0.15, 0.2) is 52.0 Å². The summed E-state index contributed by atoms with van der Waals surface area (Å²) < 4.78 is 32.4. The van der Waals surface area contributed by atoms with Gasteiger partial charge in [0.25, 0.3) is 0 Å². The molecule has 26 heavy (non-hydrogen) atoms. The topological polar surface area (TPSA) is 89.2 Å². The van der Waals surface area contributed by atoms with Gasteiger partial charge in [0, 0.05) is 19.3 Å². The maximum atomic E-state index is 12.8. The predicted molar refractivity (Wildman–Crippen MR) is 94.9 cm³/mol. The Morgan fingerprint density at radius 3 is 2.69 bits per heavy atom. The molecule has 0 unspecified atom stereocenters.